The summed E-state index contributed by atoms with van der Waals surface area (Å²) in [5, 5.41) is 0.505. The Morgan fingerprint density at radius 1 is 1.03 bits per heavy atom. The van der Waals surface area contributed by atoms with Crippen molar-refractivity contribution in [1.82, 2.24) is 24.2 Å². The van der Waals surface area contributed by atoms with Gasteiger partial charge in [0, 0.05) is 29.7 Å². The third kappa shape index (κ3) is 5.97. The summed E-state index contributed by atoms with van der Waals surface area (Å²) < 4.78 is 10.4. The second-order valence-electron chi connectivity index (χ2n) is 8.62. The molecule has 0 aliphatic carbocycles. The largest absolute Gasteiger partial charge is 0.430 e. The molecule has 0 aliphatic heterocycles. The summed E-state index contributed by atoms with van der Waals surface area (Å²) in [6, 6.07) is 4.28. The number of aromatic nitrogens is 4. The Kier molecular flexibility index (Phi) is 7.91. The Balaban J connectivity index is 0.00000320. The third-order valence-electron chi connectivity index (χ3n) is 4.72. The molecule has 0 amide bonds. The summed E-state index contributed by atoms with van der Waals surface area (Å²) >= 11 is 1.22. The van der Waals surface area contributed by atoms with Crippen molar-refractivity contribution >= 4 is 23.9 Å². The van der Waals surface area contributed by atoms with E-state index in [4.69, 9.17) is 4.74 Å². The number of ether oxygens (including phenoxy) is 1. The molecule has 0 N–H and O–H groups in total. The van der Waals surface area contributed by atoms with Crippen LogP contribution in [0.4, 0.5) is 0 Å². The second-order valence-corrected chi connectivity index (χ2v) is 9.33. The smallest absolute Gasteiger partial charge is 0.299 e. The lowest BCUT2D eigenvalue weighted by Crippen LogP contribution is -2.15. The van der Waals surface area contributed by atoms with E-state index >= 15 is 0 Å². The minimum atomic E-state index is -0.0383. The van der Waals surface area contributed by atoms with Gasteiger partial charge in [-0.05, 0) is 57.1 Å². The first kappa shape index (κ1) is 24.2. The van der Waals surface area contributed by atoms with Gasteiger partial charge in [0.25, 0.3) is 5.19 Å². The first-order chi connectivity index (χ1) is 13.6. The highest BCUT2D eigenvalue weighted by Gasteiger charge is 2.17. The van der Waals surface area contributed by atoms with E-state index in [2.05, 4.69) is 85.1 Å². The topological polar surface area (TPSA) is 64.0 Å². The predicted octanol–water partition coefficient (Wildman–Crippen LogP) is 5.23. The molecule has 0 saturated carbocycles. The Hall–Kier alpha value is -2.09. The molecule has 0 aliphatic rings. The van der Waals surface area contributed by atoms with E-state index in [1.165, 1.54) is 22.7 Å². The van der Waals surface area contributed by atoms with Crippen LogP contribution in [0.1, 0.15) is 43.2 Å². The Labute approximate surface area is 189 Å². The van der Waals surface area contributed by atoms with Crippen LogP contribution in [-0.4, -0.2) is 44.9 Å². The number of aryl methyl sites for hydroxylation is 2. The minimum absolute atomic E-state index is 0. The van der Waals surface area contributed by atoms with Crippen LogP contribution in [-0.2, 0) is 11.8 Å². The maximum Gasteiger partial charge on any atom is 0.299 e. The van der Waals surface area contributed by atoms with Crippen molar-refractivity contribution in [3.63, 3.8) is 0 Å². The van der Waals surface area contributed by atoms with Gasteiger partial charge in [0.15, 0.2) is 5.82 Å². The van der Waals surface area contributed by atoms with Crippen LogP contribution < -0.4 is 4.74 Å². The van der Waals surface area contributed by atoms with E-state index in [0.717, 1.165) is 30.0 Å². The van der Waals surface area contributed by atoms with Crippen molar-refractivity contribution in [1.29, 1.82) is 0 Å². The highest BCUT2D eigenvalue weighted by atomic mass is 35.5. The second kappa shape index (κ2) is 9.81. The monoisotopic (exact) mass is 447 g/mol. The lowest BCUT2D eigenvalue weighted by atomic mass is 9.93. The van der Waals surface area contributed by atoms with Crippen molar-refractivity contribution in [3.8, 4) is 22.5 Å². The van der Waals surface area contributed by atoms with Gasteiger partial charge in [-0.25, -0.2) is 4.98 Å². The van der Waals surface area contributed by atoms with Gasteiger partial charge in [-0.2, -0.15) is 9.36 Å². The highest BCUT2D eigenvalue weighted by molar-refractivity contribution is 7.07. The number of hydrogen-bond donors (Lipinski definition) is 0. The Morgan fingerprint density at radius 3 is 2.37 bits per heavy atom. The fraction of sp³-hybridized carbons (Fsp3) is 0.455. The quantitative estimate of drug-likeness (QED) is 0.515. The average molecular weight is 448 g/mol. The van der Waals surface area contributed by atoms with Crippen molar-refractivity contribution in [2.45, 2.75) is 46.5 Å². The van der Waals surface area contributed by atoms with Crippen molar-refractivity contribution in [2.24, 2.45) is 0 Å². The maximum atomic E-state index is 6.04. The molecule has 8 heteroatoms. The molecular weight excluding hydrogens is 418 g/mol. The molecule has 3 rings (SSSR count). The summed E-state index contributed by atoms with van der Waals surface area (Å²) in [5.74, 6) is 1.35. The third-order valence-corrected chi connectivity index (χ3v) is 5.31. The van der Waals surface area contributed by atoms with Crippen LogP contribution in [0, 0.1) is 13.8 Å². The first-order valence-electron chi connectivity index (χ1n) is 9.73. The Morgan fingerprint density at radius 2 is 1.77 bits per heavy atom. The van der Waals surface area contributed by atoms with Crippen LogP contribution in [0.25, 0.3) is 11.5 Å². The SMILES string of the molecule is Cc1cc(Oc2nc(-c3cnc(C(C)(C)C)cn3)ns2)c(C)cc1CCN(C)C.Cl. The number of likely N-dealkylation sites (N-methyl/N-ethyl adjacent to an activating group) is 1. The van der Waals surface area contributed by atoms with E-state index in [1.54, 1.807) is 12.4 Å². The fourth-order valence-electron chi connectivity index (χ4n) is 2.85. The molecule has 2 aromatic heterocycles. The van der Waals surface area contributed by atoms with Crippen LogP contribution in [0.2, 0.25) is 0 Å². The molecule has 30 heavy (non-hydrogen) atoms. The number of rotatable bonds is 6. The highest BCUT2D eigenvalue weighted by Crippen LogP contribution is 2.31. The summed E-state index contributed by atoms with van der Waals surface area (Å²) in [5.41, 5.74) is 5.21. The van der Waals surface area contributed by atoms with E-state index < -0.39 is 0 Å². The molecule has 0 atom stereocenters. The van der Waals surface area contributed by atoms with Gasteiger partial charge >= 0.3 is 0 Å². The van der Waals surface area contributed by atoms with Gasteiger partial charge in [0.2, 0.25) is 0 Å². The molecule has 0 fully saturated rings. The van der Waals surface area contributed by atoms with E-state index in [0.29, 0.717) is 16.7 Å². The molecule has 6 nitrogen and oxygen atoms in total. The Bertz CT molecular complexity index is 980. The van der Waals surface area contributed by atoms with Gasteiger partial charge in [-0.3, -0.25) is 4.98 Å². The summed E-state index contributed by atoms with van der Waals surface area (Å²) in [6.45, 7) is 11.5. The lowest BCUT2D eigenvalue weighted by Gasteiger charge is -2.16. The number of hydrogen-bond acceptors (Lipinski definition) is 7. The first-order valence-corrected chi connectivity index (χ1v) is 10.5. The van der Waals surface area contributed by atoms with Gasteiger partial charge < -0.3 is 9.64 Å². The molecule has 0 unspecified atom stereocenters. The summed E-state index contributed by atoms with van der Waals surface area (Å²) in [6.07, 6.45) is 4.53. The standard InChI is InChI=1S/C22H29N5OS.ClH/c1-14-11-18(15(2)10-16(14)8-9-27(6)7)28-21-25-20(26-29-21)17-12-24-19(13-23-17)22(3,4)5;/h10-13H,8-9H2,1-7H3;1H. The van der Waals surface area contributed by atoms with Gasteiger partial charge in [0.1, 0.15) is 11.4 Å². The van der Waals surface area contributed by atoms with Crippen LogP contribution in [0.15, 0.2) is 24.5 Å². The number of halogens is 1. The molecule has 0 saturated heterocycles. The molecule has 0 spiro atoms. The molecule has 0 radical (unpaired) electrons. The number of benzene rings is 1. The molecule has 1 aromatic carbocycles. The van der Waals surface area contributed by atoms with E-state index in [-0.39, 0.29) is 17.8 Å². The van der Waals surface area contributed by atoms with E-state index in [1.807, 2.05) is 0 Å². The zero-order valence-corrected chi connectivity index (χ0v) is 20.3. The summed E-state index contributed by atoms with van der Waals surface area (Å²) in [7, 11) is 4.18. The van der Waals surface area contributed by atoms with Crippen molar-refractivity contribution in [2.75, 3.05) is 20.6 Å². The van der Waals surface area contributed by atoms with Crippen LogP contribution >= 0.6 is 23.9 Å². The maximum absolute atomic E-state index is 6.04. The molecule has 162 valence electrons. The molecule has 0 bridgehead atoms. The predicted molar refractivity (Wildman–Crippen MR) is 125 cm³/mol. The number of nitrogens with zero attached hydrogens (tertiary/aromatic N) is 5. The molecule has 3 aromatic rings. The van der Waals surface area contributed by atoms with E-state index in [9.17, 15) is 0 Å². The van der Waals surface area contributed by atoms with Gasteiger partial charge in [0.05, 0.1) is 11.9 Å². The van der Waals surface area contributed by atoms with Crippen molar-refractivity contribution in [3.05, 3.63) is 46.9 Å². The summed E-state index contributed by atoms with van der Waals surface area (Å²) in [4.78, 5) is 15.7. The van der Waals surface area contributed by atoms with Gasteiger partial charge in [-0.15, -0.1) is 12.4 Å². The normalized spacial score (nSPS) is 11.5. The van der Waals surface area contributed by atoms with Crippen LogP contribution in [0.5, 0.6) is 10.9 Å². The van der Waals surface area contributed by atoms with Crippen molar-refractivity contribution < 1.29 is 4.74 Å². The van der Waals surface area contributed by atoms with Crippen LogP contribution in [0.3, 0.4) is 0 Å². The molecule has 2 heterocycles. The zero-order valence-electron chi connectivity index (χ0n) is 18.7. The van der Waals surface area contributed by atoms with Gasteiger partial charge in [-0.1, -0.05) is 26.8 Å². The molecular formula is C22H30ClN5OS. The minimum Gasteiger partial charge on any atom is -0.430 e. The fourth-order valence-corrected chi connectivity index (χ4v) is 3.41. The zero-order chi connectivity index (χ0) is 21.2. The lowest BCUT2D eigenvalue weighted by molar-refractivity contribution is 0.413. The average Bonchev–Trinajstić information content (AvgIpc) is 3.11.